The maximum Gasteiger partial charge on any atom is -0.0102 e. The molecule has 0 aromatic heterocycles. The molecular formula is C26H30. The zero-order valence-corrected chi connectivity index (χ0v) is 16.9. The minimum absolute atomic E-state index is 0.108. The molecule has 3 aromatic rings. The predicted molar refractivity (Wildman–Crippen MR) is 115 cm³/mol. The van der Waals surface area contributed by atoms with Crippen molar-refractivity contribution in [3.05, 3.63) is 83.9 Å². The van der Waals surface area contributed by atoms with Crippen molar-refractivity contribution in [2.45, 2.75) is 52.4 Å². The van der Waals surface area contributed by atoms with Crippen molar-refractivity contribution >= 4 is 0 Å². The normalized spacial score (nSPS) is 12.2. The van der Waals surface area contributed by atoms with Gasteiger partial charge in [0.15, 0.2) is 0 Å². The van der Waals surface area contributed by atoms with Gasteiger partial charge in [0.1, 0.15) is 0 Å². The Balaban J connectivity index is 2.21. The van der Waals surface area contributed by atoms with Crippen LogP contribution in [0.15, 0.2) is 72.8 Å². The van der Waals surface area contributed by atoms with E-state index in [1.807, 2.05) is 0 Å². The standard InChI is InChI=1S/C26H30/c1-25(2,3)20-13-11-12-19(18-20)21-14-7-8-15-22(21)23-16-9-10-17-24(23)26(4,5)6/h7-18H,1-6H3. The molecule has 0 amide bonds. The van der Waals surface area contributed by atoms with Gasteiger partial charge >= 0.3 is 0 Å². The van der Waals surface area contributed by atoms with E-state index in [2.05, 4.69) is 114 Å². The van der Waals surface area contributed by atoms with Crippen molar-refractivity contribution < 1.29 is 0 Å². The number of rotatable bonds is 2. The average Bonchev–Trinajstić information content (AvgIpc) is 2.60. The Morgan fingerprint density at radius 1 is 0.500 bits per heavy atom. The first kappa shape index (κ1) is 18.5. The van der Waals surface area contributed by atoms with E-state index in [4.69, 9.17) is 0 Å². The van der Waals surface area contributed by atoms with Crippen LogP contribution in [0.3, 0.4) is 0 Å². The Bertz CT molecular complexity index is 902. The Kier molecular flexibility index (Phi) is 4.80. The second-order valence-corrected chi connectivity index (χ2v) is 9.17. The zero-order chi connectivity index (χ0) is 18.9. The van der Waals surface area contributed by atoms with Crippen molar-refractivity contribution in [1.82, 2.24) is 0 Å². The number of hydrogen-bond acceptors (Lipinski definition) is 0. The molecule has 0 radical (unpaired) electrons. The predicted octanol–water partition coefficient (Wildman–Crippen LogP) is 7.62. The summed E-state index contributed by atoms with van der Waals surface area (Å²) in [5, 5.41) is 0. The van der Waals surface area contributed by atoms with Gasteiger partial charge in [0.05, 0.1) is 0 Å². The van der Waals surface area contributed by atoms with Crippen LogP contribution >= 0.6 is 0 Å². The van der Waals surface area contributed by atoms with E-state index in [1.165, 1.54) is 33.4 Å². The van der Waals surface area contributed by atoms with Crippen LogP contribution in [0.4, 0.5) is 0 Å². The lowest BCUT2D eigenvalue weighted by Crippen LogP contribution is -2.12. The second-order valence-electron chi connectivity index (χ2n) is 9.17. The lowest BCUT2D eigenvalue weighted by atomic mass is 9.80. The van der Waals surface area contributed by atoms with Gasteiger partial charge in [-0.25, -0.2) is 0 Å². The van der Waals surface area contributed by atoms with Gasteiger partial charge in [0, 0.05) is 0 Å². The molecule has 0 heterocycles. The van der Waals surface area contributed by atoms with Gasteiger partial charge in [-0.2, -0.15) is 0 Å². The van der Waals surface area contributed by atoms with Crippen LogP contribution in [-0.4, -0.2) is 0 Å². The lowest BCUT2D eigenvalue weighted by molar-refractivity contribution is 0.590. The Hall–Kier alpha value is -2.34. The summed E-state index contributed by atoms with van der Waals surface area (Å²) in [5.74, 6) is 0. The van der Waals surface area contributed by atoms with Gasteiger partial charge < -0.3 is 0 Å². The molecule has 0 atom stereocenters. The van der Waals surface area contributed by atoms with Crippen LogP contribution in [0.1, 0.15) is 52.7 Å². The summed E-state index contributed by atoms with van der Waals surface area (Å²) < 4.78 is 0. The molecule has 0 bridgehead atoms. The first-order valence-corrected chi connectivity index (χ1v) is 9.48. The summed E-state index contributed by atoms with van der Waals surface area (Å²) in [5.41, 5.74) is 8.24. The van der Waals surface area contributed by atoms with Crippen LogP contribution in [0.2, 0.25) is 0 Å². The number of hydrogen-bond donors (Lipinski definition) is 0. The average molecular weight is 343 g/mol. The fourth-order valence-electron chi connectivity index (χ4n) is 3.49. The molecule has 0 aliphatic carbocycles. The highest BCUT2D eigenvalue weighted by Crippen LogP contribution is 2.39. The van der Waals surface area contributed by atoms with Gasteiger partial charge in [0.25, 0.3) is 0 Å². The maximum atomic E-state index is 2.35. The minimum Gasteiger partial charge on any atom is -0.0619 e. The van der Waals surface area contributed by atoms with E-state index in [0.717, 1.165) is 0 Å². The van der Waals surface area contributed by atoms with Gasteiger partial charge in [-0.05, 0) is 44.2 Å². The summed E-state index contributed by atoms with van der Waals surface area (Å²) in [6.45, 7) is 13.7. The fraction of sp³-hybridized carbons (Fsp3) is 0.308. The smallest absolute Gasteiger partial charge is 0.0102 e. The SMILES string of the molecule is CC(C)(C)c1cccc(-c2ccccc2-c2ccccc2C(C)(C)C)c1. The van der Waals surface area contributed by atoms with Crippen LogP contribution in [0.5, 0.6) is 0 Å². The highest BCUT2D eigenvalue weighted by Gasteiger charge is 2.20. The molecule has 0 fully saturated rings. The van der Waals surface area contributed by atoms with Crippen molar-refractivity contribution in [2.24, 2.45) is 0 Å². The van der Waals surface area contributed by atoms with Crippen molar-refractivity contribution in [3.8, 4) is 22.3 Å². The van der Waals surface area contributed by atoms with E-state index in [0.29, 0.717) is 0 Å². The van der Waals surface area contributed by atoms with Crippen molar-refractivity contribution in [3.63, 3.8) is 0 Å². The van der Waals surface area contributed by atoms with E-state index in [-0.39, 0.29) is 10.8 Å². The van der Waals surface area contributed by atoms with Crippen LogP contribution in [-0.2, 0) is 10.8 Å². The summed E-state index contributed by atoms with van der Waals surface area (Å²) in [6, 6.07) is 26.6. The Morgan fingerprint density at radius 2 is 1.08 bits per heavy atom. The molecule has 0 aliphatic rings. The third-order valence-electron chi connectivity index (χ3n) is 4.99. The van der Waals surface area contributed by atoms with E-state index >= 15 is 0 Å². The third-order valence-corrected chi connectivity index (χ3v) is 4.99. The quantitative estimate of drug-likeness (QED) is 0.449. The highest BCUT2D eigenvalue weighted by molar-refractivity contribution is 5.85. The molecule has 0 unspecified atom stereocenters. The first-order chi connectivity index (χ1) is 12.2. The third kappa shape index (κ3) is 3.75. The molecule has 134 valence electrons. The Labute approximate surface area is 158 Å². The lowest BCUT2D eigenvalue weighted by Gasteiger charge is -2.24. The highest BCUT2D eigenvalue weighted by atomic mass is 14.2. The topological polar surface area (TPSA) is 0 Å². The van der Waals surface area contributed by atoms with Gasteiger partial charge in [-0.1, -0.05) is 114 Å². The van der Waals surface area contributed by atoms with Crippen LogP contribution in [0.25, 0.3) is 22.3 Å². The second kappa shape index (κ2) is 6.76. The first-order valence-electron chi connectivity index (χ1n) is 9.48. The molecule has 3 rings (SSSR count). The van der Waals surface area contributed by atoms with E-state index in [9.17, 15) is 0 Å². The van der Waals surface area contributed by atoms with Crippen molar-refractivity contribution in [2.75, 3.05) is 0 Å². The molecule has 3 aromatic carbocycles. The molecule has 26 heavy (non-hydrogen) atoms. The van der Waals surface area contributed by atoms with E-state index < -0.39 is 0 Å². The minimum atomic E-state index is 0.108. The van der Waals surface area contributed by atoms with Crippen LogP contribution < -0.4 is 0 Å². The molecule has 0 N–H and O–H groups in total. The monoisotopic (exact) mass is 342 g/mol. The van der Waals surface area contributed by atoms with Gasteiger partial charge in [0.2, 0.25) is 0 Å². The summed E-state index contributed by atoms with van der Waals surface area (Å²) in [4.78, 5) is 0. The molecule has 0 spiro atoms. The summed E-state index contributed by atoms with van der Waals surface area (Å²) >= 11 is 0. The Morgan fingerprint density at radius 3 is 1.69 bits per heavy atom. The van der Waals surface area contributed by atoms with Gasteiger partial charge in [-0.15, -0.1) is 0 Å². The maximum absolute atomic E-state index is 2.35. The molecule has 0 saturated carbocycles. The molecule has 0 heteroatoms. The molecule has 0 aliphatic heterocycles. The number of benzene rings is 3. The molecule has 0 saturated heterocycles. The molecular weight excluding hydrogens is 312 g/mol. The van der Waals surface area contributed by atoms with Crippen LogP contribution in [0, 0.1) is 0 Å². The summed E-state index contributed by atoms with van der Waals surface area (Å²) in [6.07, 6.45) is 0. The largest absolute Gasteiger partial charge is 0.0619 e. The molecule has 0 nitrogen and oxygen atoms in total. The van der Waals surface area contributed by atoms with E-state index in [1.54, 1.807) is 0 Å². The fourth-order valence-corrected chi connectivity index (χ4v) is 3.49. The van der Waals surface area contributed by atoms with Crippen molar-refractivity contribution in [1.29, 1.82) is 0 Å². The van der Waals surface area contributed by atoms with Gasteiger partial charge in [-0.3, -0.25) is 0 Å². The summed E-state index contributed by atoms with van der Waals surface area (Å²) in [7, 11) is 0. The zero-order valence-electron chi connectivity index (χ0n) is 16.9.